The molecule has 0 aromatic carbocycles. The zero-order valence-corrected chi connectivity index (χ0v) is 18.8. The highest BCUT2D eigenvalue weighted by Gasteiger charge is 2.28. The van der Waals surface area contributed by atoms with E-state index in [0.29, 0.717) is 26.4 Å². The molecule has 10 heteroatoms. The number of azide groups is 1. The summed E-state index contributed by atoms with van der Waals surface area (Å²) in [5.74, 6) is -1.22. The predicted molar refractivity (Wildman–Crippen MR) is 112 cm³/mol. The summed E-state index contributed by atoms with van der Waals surface area (Å²) in [4.78, 5) is 39.3. The van der Waals surface area contributed by atoms with Gasteiger partial charge in [-0.2, -0.15) is 0 Å². The Labute approximate surface area is 178 Å². The SMILES string of the molecule is CC(C)C(=O)[C@H](C)NC(=O)[C@@H](CC(=O)COCCOCCOCCN=[N+]=[N-])C(C)C. The lowest BCUT2D eigenvalue weighted by Crippen LogP contribution is -2.45. The summed E-state index contributed by atoms with van der Waals surface area (Å²) in [6.07, 6.45) is 0.0615. The molecule has 0 saturated carbocycles. The highest BCUT2D eigenvalue weighted by atomic mass is 16.5. The average Bonchev–Trinajstić information content (AvgIpc) is 2.69. The number of amides is 1. The van der Waals surface area contributed by atoms with Gasteiger partial charge in [0.15, 0.2) is 11.6 Å². The molecule has 0 aliphatic rings. The van der Waals surface area contributed by atoms with E-state index < -0.39 is 12.0 Å². The van der Waals surface area contributed by atoms with Gasteiger partial charge in [-0.1, -0.05) is 32.8 Å². The van der Waals surface area contributed by atoms with Crippen molar-refractivity contribution in [2.75, 3.05) is 46.2 Å². The number of hydrogen-bond acceptors (Lipinski definition) is 7. The van der Waals surface area contributed by atoms with Crippen molar-refractivity contribution in [1.29, 1.82) is 0 Å². The van der Waals surface area contributed by atoms with E-state index in [1.165, 1.54) is 0 Å². The lowest BCUT2D eigenvalue weighted by atomic mass is 9.89. The topological polar surface area (TPSA) is 140 Å². The molecule has 0 fully saturated rings. The van der Waals surface area contributed by atoms with Gasteiger partial charge in [0, 0.05) is 29.7 Å². The second-order valence-corrected chi connectivity index (χ2v) is 7.61. The van der Waals surface area contributed by atoms with E-state index in [0.717, 1.165) is 0 Å². The smallest absolute Gasteiger partial charge is 0.224 e. The minimum Gasteiger partial charge on any atom is -0.379 e. The van der Waals surface area contributed by atoms with E-state index in [4.69, 9.17) is 19.7 Å². The summed E-state index contributed by atoms with van der Waals surface area (Å²) in [5, 5.41) is 6.06. The molecule has 0 saturated heterocycles. The van der Waals surface area contributed by atoms with Crippen LogP contribution in [0.15, 0.2) is 5.11 Å². The normalized spacial score (nSPS) is 13.0. The fourth-order valence-corrected chi connectivity index (χ4v) is 2.60. The standard InChI is InChI=1S/C20H36N4O6/c1-14(2)18(20(27)23-16(5)19(26)15(3)4)12-17(25)13-30-11-10-29-9-8-28-7-6-22-24-21/h14-16,18H,6-13H2,1-5H3,(H,23,27)/t16-,18-/m0/s1. The molecule has 10 nitrogen and oxygen atoms in total. The number of nitrogens with one attached hydrogen (secondary N) is 1. The monoisotopic (exact) mass is 428 g/mol. The first kappa shape index (κ1) is 28.0. The van der Waals surface area contributed by atoms with Crippen LogP contribution in [0.3, 0.4) is 0 Å². The molecule has 0 spiro atoms. The zero-order chi connectivity index (χ0) is 22.9. The minimum absolute atomic E-state index is 0.0402. The molecule has 1 amide bonds. The van der Waals surface area contributed by atoms with Crippen LogP contribution in [0.25, 0.3) is 10.4 Å². The molecule has 0 aliphatic heterocycles. The summed E-state index contributed by atoms with van der Waals surface area (Å²) in [6.45, 7) is 10.8. The number of carbonyl (C=O) groups is 3. The van der Waals surface area contributed by atoms with Crippen LogP contribution in [0.5, 0.6) is 0 Å². The van der Waals surface area contributed by atoms with E-state index in [-0.39, 0.29) is 55.5 Å². The average molecular weight is 429 g/mol. The second kappa shape index (κ2) is 16.8. The first-order chi connectivity index (χ1) is 14.2. The molecule has 0 aliphatic carbocycles. The van der Waals surface area contributed by atoms with E-state index >= 15 is 0 Å². The highest BCUT2D eigenvalue weighted by molar-refractivity contribution is 5.92. The van der Waals surface area contributed by atoms with Crippen molar-refractivity contribution in [2.24, 2.45) is 22.9 Å². The summed E-state index contributed by atoms with van der Waals surface area (Å²) in [7, 11) is 0. The lowest BCUT2D eigenvalue weighted by Gasteiger charge is -2.22. The predicted octanol–water partition coefficient (Wildman–Crippen LogP) is 2.31. The van der Waals surface area contributed by atoms with Crippen molar-refractivity contribution in [2.45, 2.75) is 47.1 Å². The van der Waals surface area contributed by atoms with Gasteiger partial charge in [-0.25, -0.2) is 0 Å². The molecule has 0 bridgehead atoms. The van der Waals surface area contributed by atoms with Gasteiger partial charge in [0.25, 0.3) is 0 Å². The number of hydrogen-bond donors (Lipinski definition) is 1. The third kappa shape index (κ3) is 13.3. The molecule has 2 atom stereocenters. The van der Waals surface area contributed by atoms with Gasteiger partial charge in [0.2, 0.25) is 5.91 Å². The maximum atomic E-state index is 12.5. The van der Waals surface area contributed by atoms with Crippen molar-refractivity contribution in [3.05, 3.63) is 10.4 Å². The van der Waals surface area contributed by atoms with Crippen LogP contribution in [0, 0.1) is 17.8 Å². The maximum absolute atomic E-state index is 12.5. The Morgan fingerprint density at radius 3 is 2.03 bits per heavy atom. The summed E-state index contributed by atoms with van der Waals surface area (Å²) in [5.41, 5.74) is 8.11. The Kier molecular flexibility index (Phi) is 15.6. The Bertz CT molecular complexity index is 576. The van der Waals surface area contributed by atoms with E-state index in [1.54, 1.807) is 20.8 Å². The largest absolute Gasteiger partial charge is 0.379 e. The number of Topliss-reactive ketones (excluding diaryl/α,β-unsaturated/α-hetero) is 2. The van der Waals surface area contributed by atoms with Crippen LogP contribution < -0.4 is 5.32 Å². The quantitative estimate of drug-likeness (QED) is 0.154. The molecule has 0 rings (SSSR count). The molecule has 0 aromatic heterocycles. The summed E-state index contributed by atoms with van der Waals surface area (Å²) < 4.78 is 15.8. The van der Waals surface area contributed by atoms with Gasteiger partial charge in [-0.05, 0) is 18.4 Å². The molecule has 0 radical (unpaired) electrons. The van der Waals surface area contributed by atoms with Gasteiger partial charge in [-0.3, -0.25) is 14.4 Å². The van der Waals surface area contributed by atoms with Crippen LogP contribution in [0.2, 0.25) is 0 Å². The van der Waals surface area contributed by atoms with E-state index in [9.17, 15) is 14.4 Å². The van der Waals surface area contributed by atoms with E-state index in [1.807, 2.05) is 13.8 Å². The Morgan fingerprint density at radius 2 is 1.50 bits per heavy atom. The fourth-order valence-electron chi connectivity index (χ4n) is 2.60. The summed E-state index contributed by atoms with van der Waals surface area (Å²) >= 11 is 0. The Morgan fingerprint density at radius 1 is 0.933 bits per heavy atom. The number of rotatable bonds is 18. The molecular formula is C20H36N4O6. The maximum Gasteiger partial charge on any atom is 0.224 e. The van der Waals surface area contributed by atoms with Crippen molar-refractivity contribution in [3.8, 4) is 0 Å². The van der Waals surface area contributed by atoms with Gasteiger partial charge >= 0.3 is 0 Å². The molecule has 0 unspecified atom stereocenters. The van der Waals surface area contributed by atoms with Crippen LogP contribution in [-0.2, 0) is 28.6 Å². The zero-order valence-electron chi connectivity index (χ0n) is 18.8. The second-order valence-electron chi connectivity index (χ2n) is 7.61. The number of ether oxygens (including phenoxy) is 3. The van der Waals surface area contributed by atoms with Crippen LogP contribution in [-0.4, -0.2) is 69.7 Å². The molecule has 0 heterocycles. The number of carbonyl (C=O) groups excluding carboxylic acids is 3. The molecule has 1 N–H and O–H groups in total. The third-order valence-corrected chi connectivity index (χ3v) is 4.35. The molecular weight excluding hydrogens is 392 g/mol. The fraction of sp³-hybridized carbons (Fsp3) is 0.850. The van der Waals surface area contributed by atoms with Crippen LogP contribution in [0.4, 0.5) is 0 Å². The highest BCUT2D eigenvalue weighted by Crippen LogP contribution is 2.17. The van der Waals surface area contributed by atoms with Crippen LogP contribution in [0.1, 0.15) is 41.0 Å². The summed E-state index contributed by atoms with van der Waals surface area (Å²) in [6, 6.07) is -0.578. The van der Waals surface area contributed by atoms with Crippen molar-refractivity contribution in [3.63, 3.8) is 0 Å². The first-order valence-corrected chi connectivity index (χ1v) is 10.3. The Hall–Kier alpha value is -2.00. The molecule has 0 aromatic rings. The molecule has 172 valence electrons. The van der Waals surface area contributed by atoms with Crippen molar-refractivity contribution >= 4 is 17.5 Å². The van der Waals surface area contributed by atoms with Gasteiger partial charge < -0.3 is 19.5 Å². The van der Waals surface area contributed by atoms with Crippen molar-refractivity contribution in [1.82, 2.24) is 5.32 Å². The number of ketones is 2. The minimum atomic E-state index is -0.578. The lowest BCUT2D eigenvalue weighted by molar-refractivity contribution is -0.135. The van der Waals surface area contributed by atoms with Crippen LogP contribution >= 0.6 is 0 Å². The number of nitrogens with zero attached hydrogens (tertiary/aromatic N) is 3. The van der Waals surface area contributed by atoms with Gasteiger partial charge in [0.1, 0.15) is 6.61 Å². The first-order valence-electron chi connectivity index (χ1n) is 10.3. The third-order valence-electron chi connectivity index (χ3n) is 4.35. The molecule has 30 heavy (non-hydrogen) atoms. The van der Waals surface area contributed by atoms with Gasteiger partial charge in [-0.15, -0.1) is 0 Å². The Balaban J connectivity index is 4.08. The van der Waals surface area contributed by atoms with Gasteiger partial charge in [0.05, 0.1) is 39.1 Å². The van der Waals surface area contributed by atoms with E-state index in [2.05, 4.69) is 15.3 Å². The van der Waals surface area contributed by atoms with Crippen molar-refractivity contribution < 1.29 is 28.6 Å².